The summed E-state index contributed by atoms with van der Waals surface area (Å²) in [7, 11) is 3.15. The zero-order chi connectivity index (χ0) is 22.5. The molecule has 0 radical (unpaired) electrons. The van der Waals surface area contributed by atoms with Gasteiger partial charge in [0.25, 0.3) is 0 Å². The van der Waals surface area contributed by atoms with Crippen molar-refractivity contribution in [2.75, 3.05) is 14.2 Å². The Bertz CT molecular complexity index is 1220. The van der Waals surface area contributed by atoms with Crippen molar-refractivity contribution in [3.05, 3.63) is 101 Å². The number of ketones is 1. The van der Waals surface area contributed by atoms with Gasteiger partial charge in [-0.05, 0) is 48.5 Å². The minimum absolute atomic E-state index is 0.185. The van der Waals surface area contributed by atoms with E-state index in [2.05, 4.69) is 0 Å². The summed E-state index contributed by atoms with van der Waals surface area (Å²) in [5.41, 5.74) is 1.67. The monoisotopic (exact) mass is 428 g/mol. The number of rotatable bonds is 6. The fraction of sp³-hybridized carbons (Fsp3) is 0.0769. The van der Waals surface area contributed by atoms with E-state index in [1.165, 1.54) is 6.07 Å². The largest absolute Gasteiger partial charge is 0.497 e. The van der Waals surface area contributed by atoms with Crippen LogP contribution in [0.4, 0.5) is 0 Å². The van der Waals surface area contributed by atoms with Crippen molar-refractivity contribution in [2.24, 2.45) is 0 Å². The Morgan fingerprint density at radius 2 is 1.66 bits per heavy atom. The molecule has 0 spiro atoms. The minimum Gasteiger partial charge on any atom is -0.497 e. The van der Waals surface area contributed by atoms with E-state index < -0.39 is 5.97 Å². The first kappa shape index (κ1) is 20.9. The van der Waals surface area contributed by atoms with Gasteiger partial charge < -0.3 is 18.9 Å². The molecule has 6 nitrogen and oxygen atoms in total. The van der Waals surface area contributed by atoms with Crippen molar-refractivity contribution >= 4 is 17.8 Å². The van der Waals surface area contributed by atoms with E-state index in [1.807, 2.05) is 30.3 Å². The summed E-state index contributed by atoms with van der Waals surface area (Å²) in [5, 5.41) is 0. The summed E-state index contributed by atoms with van der Waals surface area (Å²) in [5.74, 6) is 1.42. The van der Waals surface area contributed by atoms with E-state index >= 15 is 0 Å². The Morgan fingerprint density at radius 1 is 0.906 bits per heavy atom. The number of hydrogen-bond donors (Lipinski definition) is 0. The number of para-hydroxylation sites is 1. The Hall–Kier alpha value is -4.32. The fourth-order valence-electron chi connectivity index (χ4n) is 3.18. The second-order valence-corrected chi connectivity index (χ2v) is 6.84. The van der Waals surface area contributed by atoms with Crippen LogP contribution in [0.5, 0.6) is 23.0 Å². The number of hydrogen-bond acceptors (Lipinski definition) is 6. The second-order valence-electron chi connectivity index (χ2n) is 6.84. The number of methoxy groups -OCH3 is 2. The number of carbonyl (C=O) groups is 2. The van der Waals surface area contributed by atoms with Crippen LogP contribution in [0.1, 0.15) is 26.3 Å². The molecule has 0 aliphatic carbocycles. The van der Waals surface area contributed by atoms with E-state index in [-0.39, 0.29) is 17.3 Å². The highest BCUT2D eigenvalue weighted by atomic mass is 16.5. The molecule has 0 N–H and O–H groups in total. The molecule has 1 aliphatic rings. The molecule has 3 aromatic carbocycles. The third-order valence-electron chi connectivity index (χ3n) is 4.84. The van der Waals surface area contributed by atoms with Crippen LogP contribution < -0.4 is 18.9 Å². The van der Waals surface area contributed by atoms with Gasteiger partial charge in [-0.15, -0.1) is 0 Å². The lowest BCUT2D eigenvalue weighted by atomic mass is 10.1. The molecule has 3 aromatic rings. The highest BCUT2D eigenvalue weighted by molar-refractivity contribution is 6.12. The van der Waals surface area contributed by atoms with Crippen LogP contribution in [-0.2, 0) is 0 Å². The fourth-order valence-corrected chi connectivity index (χ4v) is 3.18. The van der Waals surface area contributed by atoms with Gasteiger partial charge in [0, 0.05) is 11.6 Å². The smallest absolute Gasteiger partial charge is 0.343 e. The molecule has 0 amide bonds. The number of carbonyl (C=O) groups excluding carboxylic acids is 2. The van der Waals surface area contributed by atoms with Gasteiger partial charge in [-0.25, -0.2) is 4.79 Å². The van der Waals surface area contributed by atoms with E-state index in [4.69, 9.17) is 18.9 Å². The number of allylic oxidation sites excluding steroid dienone is 3. The molecule has 1 aliphatic heterocycles. The first-order chi connectivity index (χ1) is 15.6. The molecule has 32 heavy (non-hydrogen) atoms. The lowest BCUT2D eigenvalue weighted by Crippen LogP contribution is -2.08. The van der Waals surface area contributed by atoms with Crippen LogP contribution in [0.15, 0.2) is 84.6 Å². The van der Waals surface area contributed by atoms with Crippen molar-refractivity contribution in [2.45, 2.75) is 0 Å². The van der Waals surface area contributed by atoms with Gasteiger partial charge >= 0.3 is 5.97 Å². The summed E-state index contributed by atoms with van der Waals surface area (Å²) in [6.45, 7) is 0. The maximum Gasteiger partial charge on any atom is 0.343 e. The summed E-state index contributed by atoms with van der Waals surface area (Å²) >= 11 is 0. The SMILES string of the molecule is COc1ccc(C(=O)Oc2ccc3c(c2)O/C(=C\C=C\c2ccccc2OC)C3=O)cc1. The zero-order valence-corrected chi connectivity index (χ0v) is 17.5. The topological polar surface area (TPSA) is 71.1 Å². The Labute approximate surface area is 185 Å². The lowest BCUT2D eigenvalue weighted by molar-refractivity contribution is 0.0734. The first-order valence-electron chi connectivity index (χ1n) is 9.83. The third-order valence-corrected chi connectivity index (χ3v) is 4.84. The molecular weight excluding hydrogens is 408 g/mol. The highest BCUT2D eigenvalue weighted by Crippen LogP contribution is 2.34. The van der Waals surface area contributed by atoms with E-state index in [0.29, 0.717) is 22.6 Å². The zero-order valence-electron chi connectivity index (χ0n) is 17.5. The quantitative estimate of drug-likeness (QED) is 0.309. The van der Waals surface area contributed by atoms with Gasteiger partial charge in [0.15, 0.2) is 5.76 Å². The Balaban J connectivity index is 1.47. The Kier molecular flexibility index (Phi) is 6.03. The number of benzene rings is 3. The third kappa shape index (κ3) is 4.39. The molecule has 0 saturated carbocycles. The molecular formula is C26H20O6. The highest BCUT2D eigenvalue weighted by Gasteiger charge is 2.27. The summed E-state index contributed by atoms with van der Waals surface area (Å²) in [4.78, 5) is 25.0. The lowest BCUT2D eigenvalue weighted by Gasteiger charge is -2.06. The van der Waals surface area contributed by atoms with Gasteiger partial charge in [-0.1, -0.05) is 30.4 Å². The van der Waals surface area contributed by atoms with E-state index in [9.17, 15) is 9.59 Å². The molecule has 6 heteroatoms. The van der Waals surface area contributed by atoms with Crippen LogP contribution in [0.3, 0.4) is 0 Å². The summed E-state index contributed by atoms with van der Waals surface area (Å²) in [6.07, 6.45) is 5.15. The van der Waals surface area contributed by atoms with Crippen LogP contribution in [-0.4, -0.2) is 26.0 Å². The number of fused-ring (bicyclic) bond motifs is 1. The van der Waals surface area contributed by atoms with Crippen molar-refractivity contribution in [1.82, 2.24) is 0 Å². The average molecular weight is 428 g/mol. The average Bonchev–Trinajstić information content (AvgIpc) is 3.14. The second kappa shape index (κ2) is 9.22. The molecule has 1 heterocycles. The molecule has 0 saturated heterocycles. The normalized spacial score (nSPS) is 13.7. The van der Waals surface area contributed by atoms with E-state index in [0.717, 1.165) is 11.3 Å². The number of Topliss-reactive ketones (excluding diaryl/α,β-unsaturated/α-hetero) is 1. The van der Waals surface area contributed by atoms with Crippen LogP contribution in [0, 0.1) is 0 Å². The molecule has 0 bridgehead atoms. The standard InChI is InChI=1S/C26H20O6/c1-29-19-12-10-18(11-13-19)26(28)31-20-14-15-21-24(16-20)32-23(25(21)27)9-5-7-17-6-3-4-8-22(17)30-2/h3-16H,1-2H3/b7-5+,23-9-. The van der Waals surface area contributed by atoms with Crippen molar-refractivity contribution in [3.8, 4) is 23.0 Å². The van der Waals surface area contributed by atoms with E-state index in [1.54, 1.807) is 62.8 Å². The number of ether oxygens (including phenoxy) is 4. The minimum atomic E-state index is -0.521. The first-order valence-corrected chi connectivity index (χ1v) is 9.83. The molecule has 4 rings (SSSR count). The van der Waals surface area contributed by atoms with Crippen LogP contribution in [0.2, 0.25) is 0 Å². The predicted molar refractivity (Wildman–Crippen MR) is 119 cm³/mol. The van der Waals surface area contributed by atoms with Gasteiger partial charge in [0.1, 0.15) is 23.0 Å². The van der Waals surface area contributed by atoms with Gasteiger partial charge in [-0.2, -0.15) is 0 Å². The molecule has 160 valence electrons. The summed E-state index contributed by atoms with van der Waals surface area (Å²) < 4.78 is 21.5. The predicted octanol–water partition coefficient (Wildman–Crippen LogP) is 5.10. The molecule has 0 aromatic heterocycles. The molecule has 0 fully saturated rings. The maximum absolute atomic E-state index is 12.6. The number of esters is 1. The molecule has 0 unspecified atom stereocenters. The van der Waals surface area contributed by atoms with Crippen molar-refractivity contribution in [1.29, 1.82) is 0 Å². The Morgan fingerprint density at radius 3 is 2.41 bits per heavy atom. The molecule has 0 atom stereocenters. The summed E-state index contributed by atoms with van der Waals surface area (Å²) in [6, 6.07) is 18.8. The van der Waals surface area contributed by atoms with Crippen LogP contribution in [0.25, 0.3) is 6.08 Å². The van der Waals surface area contributed by atoms with Crippen molar-refractivity contribution < 1.29 is 28.5 Å². The maximum atomic E-state index is 12.6. The van der Waals surface area contributed by atoms with Gasteiger partial charge in [0.05, 0.1) is 25.3 Å². The van der Waals surface area contributed by atoms with Gasteiger partial charge in [0.2, 0.25) is 5.78 Å². The van der Waals surface area contributed by atoms with Gasteiger partial charge in [-0.3, -0.25) is 4.79 Å². The van der Waals surface area contributed by atoms with Crippen LogP contribution >= 0.6 is 0 Å². The van der Waals surface area contributed by atoms with Crippen molar-refractivity contribution in [3.63, 3.8) is 0 Å².